The zero-order valence-corrected chi connectivity index (χ0v) is 32.7. The van der Waals surface area contributed by atoms with Gasteiger partial charge >= 0.3 is 17.9 Å². The van der Waals surface area contributed by atoms with Crippen LogP contribution in [-0.2, 0) is 37.7 Å². The quantitative estimate of drug-likeness (QED) is 0.0867. The fourth-order valence-electron chi connectivity index (χ4n) is 6.24. The molecule has 0 aromatic heterocycles. The molecule has 12 nitrogen and oxygen atoms in total. The molecule has 0 bridgehead atoms. The number of aryl methyl sites for hydroxylation is 1. The number of nitrogens with one attached hydrogen (secondary N) is 1. The lowest BCUT2D eigenvalue weighted by molar-refractivity contribution is -0.143. The van der Waals surface area contributed by atoms with E-state index in [-0.39, 0.29) is 60.5 Å². The summed E-state index contributed by atoms with van der Waals surface area (Å²) in [5, 5.41) is 12.4. The van der Waals surface area contributed by atoms with E-state index in [1.807, 2.05) is 19.1 Å². The van der Waals surface area contributed by atoms with Crippen molar-refractivity contribution < 1.29 is 52.7 Å². The summed E-state index contributed by atoms with van der Waals surface area (Å²) in [4.78, 5) is 52.6. The van der Waals surface area contributed by atoms with Gasteiger partial charge in [-0.2, -0.15) is 0 Å². The third kappa shape index (κ3) is 8.26. The lowest BCUT2D eigenvalue weighted by Gasteiger charge is -2.37. The number of hydrogen-bond acceptors (Lipinski definition) is 11. The maximum atomic E-state index is 13.6. The van der Waals surface area contributed by atoms with Gasteiger partial charge in [-0.15, -0.1) is 0 Å². The first-order chi connectivity index (χ1) is 26.5. The molecular weight excluding hydrogens is 718 g/mol. The number of rotatable bonds is 12. The highest BCUT2D eigenvalue weighted by Gasteiger charge is 2.54. The number of carbonyl (C=O) groups is 4. The lowest BCUT2D eigenvalue weighted by Crippen LogP contribution is -2.34. The van der Waals surface area contributed by atoms with Crippen LogP contribution in [0.4, 0.5) is 0 Å². The summed E-state index contributed by atoms with van der Waals surface area (Å²) in [7, 11) is 0. The summed E-state index contributed by atoms with van der Waals surface area (Å²) in [6.07, 6.45) is 0.818. The third-order valence-corrected chi connectivity index (χ3v) is 9.30. The number of fused-ring (bicyclic) bond motifs is 6. The van der Waals surface area contributed by atoms with Crippen LogP contribution in [0.3, 0.4) is 0 Å². The smallest absolute Gasteiger partial charge is 0.340 e. The van der Waals surface area contributed by atoms with Crippen LogP contribution < -0.4 is 24.3 Å². The zero-order valence-electron chi connectivity index (χ0n) is 32.7. The van der Waals surface area contributed by atoms with E-state index < -0.39 is 40.2 Å². The van der Waals surface area contributed by atoms with Gasteiger partial charge in [0.1, 0.15) is 35.4 Å². The Kier molecular flexibility index (Phi) is 11.3. The molecule has 2 aliphatic rings. The normalized spacial score (nSPS) is 13.8. The molecule has 2 heterocycles. The summed E-state index contributed by atoms with van der Waals surface area (Å²) in [6, 6.07) is 20.0. The molecule has 0 fully saturated rings. The topological polar surface area (TPSA) is 156 Å². The molecule has 0 aliphatic carbocycles. The minimum Gasteiger partial charge on any atom is -0.491 e. The monoisotopic (exact) mass is 765 g/mol. The Bertz CT molecular complexity index is 2080. The number of aliphatic hydroxyl groups excluding tert-OH is 1. The van der Waals surface area contributed by atoms with Crippen LogP contribution in [-0.4, -0.2) is 55.3 Å². The maximum absolute atomic E-state index is 13.6. The van der Waals surface area contributed by atoms with Gasteiger partial charge in [0.2, 0.25) is 0 Å². The Balaban J connectivity index is 1.23. The van der Waals surface area contributed by atoms with Crippen LogP contribution in [0.5, 0.6) is 28.7 Å². The Labute approximate surface area is 326 Å². The average molecular weight is 766 g/mol. The molecule has 0 radical (unpaired) electrons. The Morgan fingerprint density at radius 3 is 1.89 bits per heavy atom. The molecule has 0 atom stereocenters. The molecule has 56 heavy (non-hydrogen) atoms. The van der Waals surface area contributed by atoms with E-state index in [9.17, 15) is 24.3 Å². The number of hydrogen-bond donors (Lipinski definition) is 2. The molecule has 4 aromatic carbocycles. The first-order valence-electron chi connectivity index (χ1n) is 18.5. The summed E-state index contributed by atoms with van der Waals surface area (Å²) in [6.45, 7) is 13.4. The van der Waals surface area contributed by atoms with Gasteiger partial charge in [-0.05, 0) is 114 Å². The third-order valence-electron chi connectivity index (χ3n) is 9.30. The second-order valence-corrected chi connectivity index (χ2v) is 15.7. The molecular formula is C44H47NO11. The molecule has 1 spiro atoms. The maximum Gasteiger partial charge on any atom is 0.340 e. The van der Waals surface area contributed by atoms with Crippen molar-refractivity contribution in [3.8, 4) is 28.7 Å². The van der Waals surface area contributed by atoms with Gasteiger partial charge in [0, 0.05) is 40.9 Å². The van der Waals surface area contributed by atoms with Crippen LogP contribution in [0.15, 0.2) is 72.8 Å². The number of aliphatic hydroxyl groups is 1. The van der Waals surface area contributed by atoms with Crippen LogP contribution >= 0.6 is 0 Å². The highest BCUT2D eigenvalue weighted by atomic mass is 16.6. The van der Waals surface area contributed by atoms with E-state index >= 15 is 0 Å². The largest absolute Gasteiger partial charge is 0.491 e. The Morgan fingerprint density at radius 2 is 1.32 bits per heavy atom. The van der Waals surface area contributed by atoms with Crippen molar-refractivity contribution in [1.29, 1.82) is 0 Å². The fraction of sp³-hybridized carbons (Fsp3) is 0.364. The van der Waals surface area contributed by atoms with Crippen molar-refractivity contribution in [3.05, 3.63) is 112 Å². The predicted octanol–water partition coefficient (Wildman–Crippen LogP) is 7.04. The second kappa shape index (κ2) is 15.8. The van der Waals surface area contributed by atoms with Crippen molar-refractivity contribution in [3.63, 3.8) is 0 Å². The second-order valence-electron chi connectivity index (χ2n) is 15.7. The standard InChI is InChI=1S/C44H47NO11/c1-8-26-19-27(25-46)21-31(20-26)52-18-17-51-16-15-45-38(47)28-9-12-32-35(22-28)44(56-39(32)48)33-13-10-29(53-40(49)42(2,3)4)23-36(33)55-37-24-30(11-14-34(37)44)54-41(50)43(5,6)7/h9-14,19-24,46H,8,15-18,25H2,1-7H3,(H,45,47). The van der Waals surface area contributed by atoms with Gasteiger partial charge in [-0.1, -0.05) is 13.0 Å². The van der Waals surface area contributed by atoms with E-state index in [1.165, 1.54) is 0 Å². The molecule has 2 aliphatic heterocycles. The molecule has 2 N–H and O–H groups in total. The summed E-state index contributed by atoms with van der Waals surface area (Å²) in [5.74, 6) is -0.358. The first kappa shape index (κ1) is 40.0. The molecule has 0 saturated heterocycles. The van der Waals surface area contributed by atoms with Crippen molar-refractivity contribution in [2.24, 2.45) is 10.8 Å². The van der Waals surface area contributed by atoms with E-state index in [0.29, 0.717) is 29.0 Å². The highest BCUT2D eigenvalue weighted by Crippen LogP contribution is 2.57. The zero-order chi connectivity index (χ0) is 40.4. The van der Waals surface area contributed by atoms with Crippen molar-refractivity contribution in [2.45, 2.75) is 67.1 Å². The van der Waals surface area contributed by atoms with E-state index in [2.05, 4.69) is 5.32 Å². The van der Waals surface area contributed by atoms with E-state index in [0.717, 1.165) is 17.5 Å². The Hall–Kier alpha value is -5.72. The first-order valence-corrected chi connectivity index (χ1v) is 18.5. The highest BCUT2D eigenvalue weighted by molar-refractivity contribution is 6.00. The molecule has 4 aromatic rings. The van der Waals surface area contributed by atoms with Crippen LogP contribution in [0, 0.1) is 10.8 Å². The Morgan fingerprint density at radius 1 is 0.714 bits per heavy atom. The molecule has 0 saturated carbocycles. The van der Waals surface area contributed by atoms with Gasteiger partial charge in [0.15, 0.2) is 5.60 Å². The SMILES string of the molecule is CCc1cc(CO)cc(OCCOCCNC(=O)c2ccc3c(c2)C2(OC3=O)c3ccc(OC(=O)C(C)(C)C)cc3Oc3cc(OC(=O)C(C)(C)C)ccc32)c1. The lowest BCUT2D eigenvalue weighted by atomic mass is 9.77. The molecule has 6 rings (SSSR count). The van der Waals surface area contributed by atoms with Crippen molar-refractivity contribution in [1.82, 2.24) is 5.32 Å². The summed E-state index contributed by atoms with van der Waals surface area (Å²) < 4.78 is 35.5. The summed E-state index contributed by atoms with van der Waals surface area (Å²) in [5.41, 5.74) is 0.544. The minimum atomic E-state index is -1.57. The predicted molar refractivity (Wildman–Crippen MR) is 205 cm³/mol. The molecule has 1 amide bonds. The average Bonchev–Trinajstić information content (AvgIpc) is 3.44. The van der Waals surface area contributed by atoms with Crippen molar-refractivity contribution in [2.75, 3.05) is 26.4 Å². The van der Waals surface area contributed by atoms with E-state index in [4.69, 9.17) is 28.4 Å². The van der Waals surface area contributed by atoms with Crippen LogP contribution in [0.2, 0.25) is 0 Å². The number of benzene rings is 4. The minimum absolute atomic E-state index is 0.0709. The molecule has 0 unspecified atom stereocenters. The van der Waals surface area contributed by atoms with E-state index in [1.54, 1.807) is 102 Å². The van der Waals surface area contributed by atoms with Gasteiger partial charge in [-0.3, -0.25) is 14.4 Å². The molecule has 294 valence electrons. The number of carbonyl (C=O) groups excluding carboxylic acids is 4. The molecule has 12 heteroatoms. The summed E-state index contributed by atoms with van der Waals surface area (Å²) >= 11 is 0. The van der Waals surface area contributed by atoms with Crippen LogP contribution in [0.1, 0.15) is 97.0 Å². The van der Waals surface area contributed by atoms with Gasteiger partial charge in [0.25, 0.3) is 5.91 Å². The number of ether oxygens (including phenoxy) is 6. The van der Waals surface area contributed by atoms with Gasteiger partial charge in [0.05, 0.1) is 36.2 Å². The fourth-order valence-corrected chi connectivity index (χ4v) is 6.24. The van der Waals surface area contributed by atoms with Crippen molar-refractivity contribution >= 4 is 23.8 Å². The van der Waals surface area contributed by atoms with Gasteiger partial charge < -0.3 is 38.8 Å². The number of amides is 1. The van der Waals surface area contributed by atoms with Crippen LogP contribution in [0.25, 0.3) is 0 Å². The number of esters is 3. The van der Waals surface area contributed by atoms with Gasteiger partial charge in [-0.25, -0.2) is 4.79 Å².